The third-order valence-corrected chi connectivity index (χ3v) is 3.04. The van der Waals surface area contributed by atoms with Crippen LogP contribution in [0.1, 0.15) is 11.4 Å². The molecule has 1 fully saturated rings. The van der Waals surface area contributed by atoms with Gasteiger partial charge in [0, 0.05) is 29.7 Å². The average molecular weight is 195 g/mol. The molecule has 3 nitrogen and oxygen atoms in total. The molecule has 1 aromatic heterocycles. The van der Waals surface area contributed by atoms with Crippen molar-refractivity contribution in [3.63, 3.8) is 0 Å². The molecule has 0 unspecified atom stereocenters. The summed E-state index contributed by atoms with van der Waals surface area (Å²) >= 11 is 1.77. The molecular weight excluding hydrogens is 182 g/mol. The van der Waals surface area contributed by atoms with Crippen LogP contribution in [0.15, 0.2) is 11.2 Å². The molecule has 1 aliphatic heterocycles. The first-order valence-electron chi connectivity index (χ1n) is 4.44. The van der Waals surface area contributed by atoms with Crippen molar-refractivity contribution in [2.24, 2.45) is 0 Å². The number of hydrogen-bond donors (Lipinski definition) is 1. The van der Waals surface area contributed by atoms with Crippen LogP contribution in [-0.2, 0) is 0 Å². The second-order valence-corrected chi connectivity index (χ2v) is 4.60. The maximum absolute atomic E-state index is 4.38. The number of aromatic nitrogens is 2. The Labute approximate surface area is 82.4 Å². The van der Waals surface area contributed by atoms with Gasteiger partial charge in [-0.25, -0.2) is 9.97 Å². The molecule has 1 saturated heterocycles. The SMILES string of the molecule is Cc1cc(C)nc(SC2CNC2)n1. The number of rotatable bonds is 2. The zero-order valence-electron chi connectivity index (χ0n) is 7.87. The van der Waals surface area contributed by atoms with Crippen LogP contribution in [-0.4, -0.2) is 28.3 Å². The van der Waals surface area contributed by atoms with Crippen molar-refractivity contribution in [3.05, 3.63) is 17.5 Å². The van der Waals surface area contributed by atoms with Crippen LogP contribution in [0.25, 0.3) is 0 Å². The second kappa shape index (κ2) is 3.64. The Morgan fingerprint density at radius 1 is 1.31 bits per heavy atom. The van der Waals surface area contributed by atoms with Gasteiger partial charge in [0.25, 0.3) is 0 Å². The van der Waals surface area contributed by atoms with Crippen LogP contribution in [0.3, 0.4) is 0 Å². The van der Waals surface area contributed by atoms with Gasteiger partial charge in [0.1, 0.15) is 0 Å². The lowest BCUT2D eigenvalue weighted by Crippen LogP contribution is -2.44. The van der Waals surface area contributed by atoms with Crippen molar-refractivity contribution in [1.82, 2.24) is 15.3 Å². The smallest absolute Gasteiger partial charge is 0.188 e. The van der Waals surface area contributed by atoms with Crippen molar-refractivity contribution in [2.75, 3.05) is 13.1 Å². The summed E-state index contributed by atoms with van der Waals surface area (Å²) in [5.41, 5.74) is 2.12. The van der Waals surface area contributed by atoms with E-state index in [4.69, 9.17) is 0 Å². The van der Waals surface area contributed by atoms with E-state index < -0.39 is 0 Å². The fraction of sp³-hybridized carbons (Fsp3) is 0.556. The number of nitrogens with one attached hydrogen (secondary N) is 1. The molecule has 13 heavy (non-hydrogen) atoms. The molecule has 4 heteroatoms. The van der Waals surface area contributed by atoms with Crippen LogP contribution in [0.4, 0.5) is 0 Å². The first kappa shape index (κ1) is 8.97. The van der Waals surface area contributed by atoms with Crippen molar-refractivity contribution in [1.29, 1.82) is 0 Å². The third kappa shape index (κ3) is 2.19. The van der Waals surface area contributed by atoms with Gasteiger partial charge in [0.15, 0.2) is 5.16 Å². The second-order valence-electron chi connectivity index (χ2n) is 3.33. The zero-order chi connectivity index (χ0) is 9.26. The van der Waals surface area contributed by atoms with E-state index >= 15 is 0 Å². The molecular formula is C9H13N3S. The predicted molar refractivity (Wildman–Crippen MR) is 54.0 cm³/mol. The highest BCUT2D eigenvalue weighted by molar-refractivity contribution is 7.99. The number of thioether (sulfide) groups is 1. The fourth-order valence-corrected chi connectivity index (χ4v) is 2.33. The Balaban J connectivity index is 2.10. The Kier molecular flexibility index (Phi) is 2.51. The number of nitrogens with zero attached hydrogens (tertiary/aromatic N) is 2. The van der Waals surface area contributed by atoms with E-state index in [0.29, 0.717) is 5.25 Å². The first-order valence-corrected chi connectivity index (χ1v) is 5.31. The van der Waals surface area contributed by atoms with Crippen LogP contribution in [0, 0.1) is 13.8 Å². The first-order chi connectivity index (χ1) is 6.24. The predicted octanol–water partition coefficient (Wildman–Crippen LogP) is 1.16. The van der Waals surface area contributed by atoms with Crippen molar-refractivity contribution >= 4 is 11.8 Å². The topological polar surface area (TPSA) is 37.8 Å². The summed E-state index contributed by atoms with van der Waals surface area (Å²) in [6.07, 6.45) is 0. The van der Waals surface area contributed by atoms with Crippen molar-refractivity contribution in [2.45, 2.75) is 24.3 Å². The molecule has 0 radical (unpaired) electrons. The normalized spacial score (nSPS) is 17.1. The summed E-state index contributed by atoms with van der Waals surface area (Å²) in [6.45, 7) is 6.19. The van der Waals surface area contributed by atoms with Crippen LogP contribution in [0.2, 0.25) is 0 Å². The highest BCUT2D eigenvalue weighted by Gasteiger charge is 2.19. The molecule has 2 heterocycles. The molecule has 0 amide bonds. The van der Waals surface area contributed by atoms with E-state index in [1.807, 2.05) is 19.9 Å². The average Bonchev–Trinajstić information content (AvgIpc) is 1.95. The van der Waals surface area contributed by atoms with Crippen molar-refractivity contribution < 1.29 is 0 Å². The Morgan fingerprint density at radius 3 is 2.38 bits per heavy atom. The van der Waals surface area contributed by atoms with Gasteiger partial charge in [0.05, 0.1) is 0 Å². The summed E-state index contributed by atoms with van der Waals surface area (Å²) in [4.78, 5) is 8.76. The van der Waals surface area contributed by atoms with Gasteiger partial charge < -0.3 is 5.32 Å². The minimum Gasteiger partial charge on any atom is -0.314 e. The largest absolute Gasteiger partial charge is 0.314 e. The molecule has 70 valence electrons. The lowest BCUT2D eigenvalue weighted by molar-refractivity contribution is 0.542. The highest BCUT2D eigenvalue weighted by atomic mass is 32.2. The Bertz CT molecular complexity index is 289. The summed E-state index contributed by atoms with van der Waals surface area (Å²) in [7, 11) is 0. The van der Waals surface area contributed by atoms with Gasteiger partial charge in [-0.1, -0.05) is 11.8 Å². The van der Waals surface area contributed by atoms with Crippen LogP contribution < -0.4 is 5.32 Å². The maximum atomic E-state index is 4.38. The molecule has 0 aliphatic carbocycles. The van der Waals surface area contributed by atoms with Gasteiger partial charge in [-0.15, -0.1) is 0 Å². The minimum atomic E-state index is 0.668. The lowest BCUT2D eigenvalue weighted by Gasteiger charge is -2.25. The zero-order valence-corrected chi connectivity index (χ0v) is 8.69. The monoisotopic (exact) mass is 195 g/mol. The number of hydrogen-bond acceptors (Lipinski definition) is 4. The van der Waals surface area contributed by atoms with Crippen LogP contribution in [0.5, 0.6) is 0 Å². The van der Waals surface area contributed by atoms with Crippen molar-refractivity contribution in [3.8, 4) is 0 Å². The fourth-order valence-electron chi connectivity index (χ4n) is 1.24. The van der Waals surface area contributed by atoms with E-state index in [9.17, 15) is 0 Å². The lowest BCUT2D eigenvalue weighted by atomic mass is 10.3. The van der Waals surface area contributed by atoms with E-state index in [-0.39, 0.29) is 0 Å². The summed E-state index contributed by atoms with van der Waals surface area (Å²) in [6, 6.07) is 2.00. The quantitative estimate of drug-likeness (QED) is 0.719. The minimum absolute atomic E-state index is 0.668. The molecule has 1 N–H and O–H groups in total. The van der Waals surface area contributed by atoms with E-state index in [1.165, 1.54) is 0 Å². The molecule has 0 aromatic carbocycles. The van der Waals surface area contributed by atoms with E-state index in [2.05, 4.69) is 15.3 Å². The molecule has 1 aliphatic rings. The molecule has 0 saturated carbocycles. The Morgan fingerprint density at radius 2 is 1.92 bits per heavy atom. The maximum Gasteiger partial charge on any atom is 0.188 e. The summed E-state index contributed by atoms with van der Waals surface area (Å²) in [5.74, 6) is 0. The molecule has 2 rings (SSSR count). The van der Waals surface area contributed by atoms with Gasteiger partial charge in [-0.3, -0.25) is 0 Å². The van der Waals surface area contributed by atoms with Gasteiger partial charge in [-0.05, 0) is 19.9 Å². The number of aryl methyl sites for hydroxylation is 2. The van der Waals surface area contributed by atoms with E-state index in [1.54, 1.807) is 11.8 Å². The van der Waals surface area contributed by atoms with Gasteiger partial charge >= 0.3 is 0 Å². The highest BCUT2D eigenvalue weighted by Crippen LogP contribution is 2.22. The van der Waals surface area contributed by atoms with Gasteiger partial charge in [-0.2, -0.15) is 0 Å². The van der Waals surface area contributed by atoms with Gasteiger partial charge in [0.2, 0.25) is 0 Å². The standard InChI is InChI=1S/C9H13N3S/c1-6-3-7(2)12-9(11-6)13-8-4-10-5-8/h3,8,10H,4-5H2,1-2H3. The molecule has 0 atom stereocenters. The van der Waals surface area contributed by atoms with E-state index in [0.717, 1.165) is 29.6 Å². The summed E-state index contributed by atoms with van der Waals surface area (Å²) < 4.78 is 0. The third-order valence-electron chi connectivity index (χ3n) is 1.98. The Hall–Kier alpha value is -0.610. The summed E-state index contributed by atoms with van der Waals surface area (Å²) in [5, 5.41) is 4.82. The van der Waals surface area contributed by atoms with Crippen LogP contribution >= 0.6 is 11.8 Å². The molecule has 0 spiro atoms. The molecule has 0 bridgehead atoms. The molecule has 1 aromatic rings.